The molecule has 25 heavy (non-hydrogen) atoms. The van der Waals surface area contributed by atoms with Gasteiger partial charge < -0.3 is 10.6 Å². The molecule has 0 aromatic heterocycles. The van der Waals surface area contributed by atoms with Crippen LogP contribution in [-0.2, 0) is 0 Å². The minimum absolute atomic E-state index is 0.00606. The van der Waals surface area contributed by atoms with Gasteiger partial charge in [0.25, 0.3) is 0 Å². The number of thiocarbonyl (C=S) groups is 1. The largest absolute Gasteiger partial charge is 0.352 e. The summed E-state index contributed by atoms with van der Waals surface area (Å²) in [6.45, 7) is 4.18. The zero-order chi connectivity index (χ0) is 17.6. The van der Waals surface area contributed by atoms with Crippen LogP contribution in [0.3, 0.4) is 0 Å². The van der Waals surface area contributed by atoms with Crippen LogP contribution < -0.4 is 10.6 Å². The first-order valence-corrected chi connectivity index (χ1v) is 8.78. The van der Waals surface area contributed by atoms with Crippen molar-refractivity contribution in [1.29, 1.82) is 0 Å². The highest BCUT2D eigenvalue weighted by Crippen LogP contribution is 2.23. The summed E-state index contributed by atoms with van der Waals surface area (Å²) in [5.41, 5.74) is 5.82. The molecule has 0 spiro atoms. The Morgan fingerprint density at radius 2 is 1.44 bits per heavy atom. The Morgan fingerprint density at radius 1 is 0.760 bits per heavy atom. The van der Waals surface area contributed by atoms with Crippen molar-refractivity contribution in [3.05, 3.63) is 101 Å². The van der Waals surface area contributed by atoms with Gasteiger partial charge in [-0.25, -0.2) is 0 Å². The SMILES string of the molecule is Cc1ccc(NC(=S)NC(c2ccccc2)c2cccc(C)c2)cc1. The van der Waals surface area contributed by atoms with Crippen LogP contribution in [0.4, 0.5) is 5.69 Å². The van der Waals surface area contributed by atoms with E-state index in [1.807, 2.05) is 18.2 Å². The van der Waals surface area contributed by atoms with Crippen LogP contribution in [0.5, 0.6) is 0 Å². The smallest absolute Gasteiger partial charge is 0.171 e. The third-order valence-electron chi connectivity index (χ3n) is 4.09. The maximum Gasteiger partial charge on any atom is 0.171 e. The van der Waals surface area contributed by atoms with Crippen LogP contribution in [0.25, 0.3) is 0 Å². The monoisotopic (exact) mass is 346 g/mol. The lowest BCUT2D eigenvalue weighted by Gasteiger charge is -2.22. The van der Waals surface area contributed by atoms with Gasteiger partial charge in [-0.2, -0.15) is 0 Å². The van der Waals surface area contributed by atoms with E-state index in [1.54, 1.807) is 0 Å². The van der Waals surface area contributed by atoms with E-state index in [1.165, 1.54) is 22.3 Å². The van der Waals surface area contributed by atoms with Gasteiger partial charge in [-0.1, -0.05) is 77.9 Å². The molecule has 3 heteroatoms. The normalized spacial score (nSPS) is 11.6. The minimum atomic E-state index is 0.00606. The van der Waals surface area contributed by atoms with Crippen LogP contribution in [0.2, 0.25) is 0 Å². The number of anilines is 1. The second kappa shape index (κ2) is 7.95. The molecular weight excluding hydrogens is 324 g/mol. The summed E-state index contributed by atoms with van der Waals surface area (Å²) in [5.74, 6) is 0. The summed E-state index contributed by atoms with van der Waals surface area (Å²) in [6, 6.07) is 27.1. The van der Waals surface area contributed by atoms with Crippen molar-refractivity contribution in [2.24, 2.45) is 0 Å². The molecule has 2 nitrogen and oxygen atoms in total. The number of hydrogen-bond donors (Lipinski definition) is 2. The fourth-order valence-electron chi connectivity index (χ4n) is 2.79. The third-order valence-corrected chi connectivity index (χ3v) is 4.31. The van der Waals surface area contributed by atoms with Crippen molar-refractivity contribution >= 4 is 23.0 Å². The summed E-state index contributed by atoms with van der Waals surface area (Å²) in [6.07, 6.45) is 0. The maximum absolute atomic E-state index is 5.56. The van der Waals surface area contributed by atoms with Crippen LogP contribution >= 0.6 is 12.2 Å². The second-order valence-corrected chi connectivity index (χ2v) is 6.63. The van der Waals surface area contributed by atoms with Gasteiger partial charge in [0, 0.05) is 5.69 Å². The van der Waals surface area contributed by atoms with Crippen LogP contribution in [-0.4, -0.2) is 5.11 Å². The summed E-state index contributed by atoms with van der Waals surface area (Å²) < 4.78 is 0. The first-order chi connectivity index (χ1) is 12.1. The number of hydrogen-bond acceptors (Lipinski definition) is 1. The van der Waals surface area contributed by atoms with Gasteiger partial charge in [0.2, 0.25) is 0 Å². The van der Waals surface area contributed by atoms with E-state index in [4.69, 9.17) is 12.2 Å². The van der Waals surface area contributed by atoms with Gasteiger partial charge in [-0.15, -0.1) is 0 Å². The third kappa shape index (κ3) is 4.68. The van der Waals surface area contributed by atoms with Gasteiger partial charge in [0.1, 0.15) is 0 Å². The Bertz CT molecular complexity index is 841. The number of aryl methyl sites for hydroxylation is 2. The Morgan fingerprint density at radius 3 is 2.12 bits per heavy atom. The summed E-state index contributed by atoms with van der Waals surface area (Å²) in [5, 5.41) is 7.34. The Labute approximate surface area is 154 Å². The zero-order valence-corrected chi connectivity index (χ0v) is 15.3. The van der Waals surface area contributed by atoms with E-state index < -0.39 is 0 Å². The minimum Gasteiger partial charge on any atom is -0.352 e. The van der Waals surface area contributed by atoms with Crippen molar-refractivity contribution in [3.63, 3.8) is 0 Å². The average Bonchev–Trinajstić information content (AvgIpc) is 2.62. The first-order valence-electron chi connectivity index (χ1n) is 8.37. The molecule has 0 aliphatic carbocycles. The highest BCUT2D eigenvalue weighted by atomic mass is 32.1. The number of benzene rings is 3. The van der Waals surface area contributed by atoms with Crippen LogP contribution in [0.1, 0.15) is 28.3 Å². The maximum atomic E-state index is 5.56. The average molecular weight is 346 g/mol. The predicted molar refractivity (Wildman–Crippen MR) is 110 cm³/mol. The van der Waals surface area contributed by atoms with Crippen molar-refractivity contribution < 1.29 is 0 Å². The predicted octanol–water partition coefficient (Wildman–Crippen LogP) is 5.38. The van der Waals surface area contributed by atoms with Gasteiger partial charge in [0.15, 0.2) is 5.11 Å². The van der Waals surface area contributed by atoms with Crippen molar-refractivity contribution in [2.75, 3.05) is 5.32 Å². The topological polar surface area (TPSA) is 24.1 Å². The molecule has 0 saturated heterocycles. The van der Waals surface area contributed by atoms with Crippen LogP contribution in [0, 0.1) is 13.8 Å². The molecule has 2 N–H and O–H groups in total. The van der Waals surface area contributed by atoms with Crippen molar-refractivity contribution in [1.82, 2.24) is 5.32 Å². The van der Waals surface area contributed by atoms with E-state index in [0.29, 0.717) is 5.11 Å². The van der Waals surface area contributed by atoms with E-state index >= 15 is 0 Å². The molecule has 0 bridgehead atoms. The molecule has 0 radical (unpaired) electrons. The highest BCUT2D eigenvalue weighted by molar-refractivity contribution is 7.80. The zero-order valence-electron chi connectivity index (χ0n) is 14.5. The lowest BCUT2D eigenvalue weighted by atomic mass is 9.97. The number of nitrogens with one attached hydrogen (secondary N) is 2. The summed E-state index contributed by atoms with van der Waals surface area (Å²) >= 11 is 5.56. The molecule has 0 amide bonds. The van der Waals surface area contributed by atoms with Crippen molar-refractivity contribution in [2.45, 2.75) is 19.9 Å². The molecule has 3 aromatic carbocycles. The van der Waals surface area contributed by atoms with E-state index in [2.05, 4.69) is 85.1 Å². The van der Waals surface area contributed by atoms with Gasteiger partial charge in [-0.3, -0.25) is 0 Å². The second-order valence-electron chi connectivity index (χ2n) is 6.22. The van der Waals surface area contributed by atoms with Gasteiger partial charge in [-0.05, 0) is 49.3 Å². The lowest BCUT2D eigenvalue weighted by molar-refractivity contribution is 0.768. The molecule has 3 rings (SSSR count). The van der Waals surface area contributed by atoms with Gasteiger partial charge in [0.05, 0.1) is 6.04 Å². The Balaban J connectivity index is 1.82. The summed E-state index contributed by atoms with van der Waals surface area (Å²) in [4.78, 5) is 0. The molecule has 1 unspecified atom stereocenters. The van der Waals surface area contributed by atoms with E-state index in [0.717, 1.165) is 5.69 Å². The Hall–Kier alpha value is -2.65. The van der Waals surface area contributed by atoms with Gasteiger partial charge >= 0.3 is 0 Å². The first kappa shape index (κ1) is 17.2. The Kier molecular flexibility index (Phi) is 5.46. The van der Waals surface area contributed by atoms with E-state index in [-0.39, 0.29) is 6.04 Å². The molecule has 1 atom stereocenters. The molecule has 3 aromatic rings. The molecular formula is C22H22N2S. The highest BCUT2D eigenvalue weighted by Gasteiger charge is 2.15. The molecule has 0 saturated carbocycles. The van der Waals surface area contributed by atoms with E-state index in [9.17, 15) is 0 Å². The molecule has 0 fully saturated rings. The van der Waals surface area contributed by atoms with Crippen molar-refractivity contribution in [3.8, 4) is 0 Å². The fraction of sp³-hybridized carbons (Fsp3) is 0.136. The standard InChI is InChI=1S/C22H22N2S/c1-16-11-13-20(14-12-16)23-22(25)24-21(18-8-4-3-5-9-18)19-10-6-7-17(2)15-19/h3-15,21H,1-2H3,(H2,23,24,25). The molecule has 0 aliphatic rings. The number of rotatable bonds is 4. The fourth-order valence-corrected chi connectivity index (χ4v) is 3.03. The molecule has 126 valence electrons. The quantitative estimate of drug-likeness (QED) is 0.620. The summed E-state index contributed by atoms with van der Waals surface area (Å²) in [7, 11) is 0. The molecule has 0 aliphatic heterocycles. The molecule has 0 heterocycles. The lowest BCUT2D eigenvalue weighted by Crippen LogP contribution is -2.33. The van der Waals surface area contributed by atoms with Crippen LogP contribution in [0.15, 0.2) is 78.9 Å².